The fourth-order valence-electron chi connectivity index (χ4n) is 1.59. The molecule has 4 aromatic rings. The summed E-state index contributed by atoms with van der Waals surface area (Å²) in [7, 11) is -4.59. The van der Waals surface area contributed by atoms with Crippen molar-refractivity contribution in [2.24, 2.45) is 0 Å². The summed E-state index contributed by atoms with van der Waals surface area (Å²) < 4.78 is 15.9. The number of tetrazole rings is 2. The first-order valence-corrected chi connectivity index (χ1v) is 9.13. The minimum Gasteiger partial charge on any atom is -0.402 e. The number of fused-ring (bicyclic) bond motifs is 1. The van der Waals surface area contributed by atoms with E-state index in [2.05, 4.69) is 66.7 Å². The Kier molecular flexibility index (Phi) is 7.17. The highest BCUT2D eigenvalue weighted by atomic mass is 79.9. The van der Waals surface area contributed by atoms with Gasteiger partial charge in [-0.05, 0) is 48.9 Å². The van der Waals surface area contributed by atoms with Crippen LogP contribution in [0.5, 0.6) is 5.75 Å². The lowest BCUT2D eigenvalue weighted by Gasteiger charge is -2.06. The summed E-state index contributed by atoms with van der Waals surface area (Å²) in [5.41, 5.74) is 0.636. The van der Waals surface area contributed by atoms with Crippen molar-refractivity contribution in [3.63, 3.8) is 0 Å². The molecule has 0 aliphatic heterocycles. The van der Waals surface area contributed by atoms with Gasteiger partial charge in [0, 0.05) is 10.7 Å². The van der Waals surface area contributed by atoms with Crippen LogP contribution in [-0.4, -0.2) is 56.0 Å². The number of benzene rings is 1. The van der Waals surface area contributed by atoms with Gasteiger partial charge in [-0.2, -0.15) is 0 Å². The maximum atomic E-state index is 10.7. The second-order valence-electron chi connectivity index (χ2n) is 4.14. The normalized spacial score (nSPS) is 10.5. The average molecular weight is 467 g/mol. The largest absolute Gasteiger partial charge is 0.524 e. The van der Waals surface area contributed by atoms with Crippen LogP contribution in [0.1, 0.15) is 0 Å². The molecule has 0 fully saturated rings. The summed E-state index contributed by atoms with van der Waals surface area (Å²) in [4.78, 5) is 20.3. The molecule has 0 bridgehead atoms. The molecular formula is C10H10BrClN9O4P. The van der Waals surface area contributed by atoms with Crippen LogP contribution in [0.15, 0.2) is 35.5 Å². The highest BCUT2D eigenvalue weighted by Crippen LogP contribution is 2.44. The molecule has 16 heteroatoms. The Balaban J connectivity index is 0.000000196. The third-order valence-electron chi connectivity index (χ3n) is 2.46. The van der Waals surface area contributed by atoms with E-state index in [0.717, 1.165) is 0 Å². The maximum Gasteiger partial charge on any atom is 0.524 e. The third kappa shape index (κ3) is 6.16. The molecule has 1 aromatic carbocycles. The fraction of sp³-hybridized carbons (Fsp3) is 0. The molecule has 5 N–H and O–H groups in total. The maximum absolute atomic E-state index is 10.7. The molecule has 0 spiro atoms. The number of aromatic amines is 3. The lowest BCUT2D eigenvalue weighted by Crippen LogP contribution is -1.89. The summed E-state index contributed by atoms with van der Waals surface area (Å²) in [5.74, 6) is 0.0228. The Morgan fingerprint density at radius 1 is 1.12 bits per heavy atom. The van der Waals surface area contributed by atoms with Crippen molar-refractivity contribution in [1.29, 1.82) is 0 Å². The van der Waals surface area contributed by atoms with Gasteiger partial charge in [-0.25, -0.2) is 14.8 Å². The van der Waals surface area contributed by atoms with E-state index in [0.29, 0.717) is 20.4 Å². The predicted octanol–water partition coefficient (Wildman–Crippen LogP) is 1.45. The van der Waals surface area contributed by atoms with Crippen molar-refractivity contribution >= 4 is 46.3 Å². The zero-order valence-corrected chi connectivity index (χ0v) is 15.7. The average Bonchev–Trinajstić information content (AvgIpc) is 3.34. The molecule has 0 aliphatic carbocycles. The van der Waals surface area contributed by atoms with E-state index in [1.54, 1.807) is 12.1 Å². The van der Waals surface area contributed by atoms with E-state index >= 15 is 0 Å². The molecule has 138 valence electrons. The van der Waals surface area contributed by atoms with Gasteiger partial charge >= 0.3 is 7.82 Å². The van der Waals surface area contributed by atoms with Crippen LogP contribution < -0.4 is 4.52 Å². The van der Waals surface area contributed by atoms with E-state index in [1.807, 2.05) is 0 Å². The van der Waals surface area contributed by atoms with Crippen LogP contribution in [0.25, 0.3) is 10.9 Å². The molecule has 0 atom stereocenters. The summed E-state index contributed by atoms with van der Waals surface area (Å²) >= 11 is 9.22. The first-order valence-electron chi connectivity index (χ1n) is 6.43. The van der Waals surface area contributed by atoms with Crippen molar-refractivity contribution in [2.45, 2.75) is 0 Å². The quantitative estimate of drug-likeness (QED) is 0.270. The van der Waals surface area contributed by atoms with E-state index in [-0.39, 0.29) is 5.75 Å². The van der Waals surface area contributed by atoms with Gasteiger partial charge < -0.3 is 9.51 Å². The van der Waals surface area contributed by atoms with Gasteiger partial charge in [0.05, 0.1) is 15.9 Å². The van der Waals surface area contributed by atoms with Gasteiger partial charge in [-0.15, -0.1) is 10.2 Å². The van der Waals surface area contributed by atoms with Crippen molar-refractivity contribution in [1.82, 2.24) is 46.2 Å². The Hall–Kier alpha value is -2.38. The molecular weight excluding hydrogens is 457 g/mol. The van der Waals surface area contributed by atoms with Gasteiger partial charge in [0.2, 0.25) is 0 Å². The zero-order chi connectivity index (χ0) is 19.0. The molecule has 0 unspecified atom stereocenters. The molecule has 0 saturated heterocycles. The Labute approximate surface area is 157 Å². The summed E-state index contributed by atoms with van der Waals surface area (Å²) in [5, 5.41) is 25.0. The van der Waals surface area contributed by atoms with Crippen LogP contribution in [0.2, 0.25) is 5.02 Å². The molecule has 0 amide bonds. The molecule has 0 saturated carbocycles. The van der Waals surface area contributed by atoms with E-state index < -0.39 is 7.82 Å². The van der Waals surface area contributed by atoms with Crippen LogP contribution in [0.4, 0.5) is 0 Å². The van der Waals surface area contributed by atoms with Gasteiger partial charge in [0.15, 0.2) is 5.75 Å². The first kappa shape index (κ1) is 19.9. The summed E-state index contributed by atoms with van der Waals surface area (Å²) in [6.45, 7) is 0. The number of hydrogen-bond acceptors (Lipinski definition) is 8. The van der Waals surface area contributed by atoms with Crippen molar-refractivity contribution in [3.8, 4) is 5.75 Å². The molecule has 0 radical (unpaired) electrons. The van der Waals surface area contributed by atoms with Crippen molar-refractivity contribution in [2.75, 3.05) is 0 Å². The Morgan fingerprint density at radius 2 is 1.73 bits per heavy atom. The van der Waals surface area contributed by atoms with Gasteiger partial charge in [-0.1, -0.05) is 11.6 Å². The van der Waals surface area contributed by atoms with E-state index in [1.165, 1.54) is 18.9 Å². The smallest absolute Gasteiger partial charge is 0.402 e. The molecule has 3 heterocycles. The Morgan fingerprint density at radius 3 is 2.15 bits per heavy atom. The van der Waals surface area contributed by atoms with Gasteiger partial charge in [0.1, 0.15) is 12.7 Å². The van der Waals surface area contributed by atoms with Crippen LogP contribution >= 0.6 is 35.4 Å². The standard InChI is InChI=1S/C8H6BrClNO4P.2CH2N4/c9-4-1-2-5-7(8(4)10)6(3-11-5)15-16(12,13)14;2*1-2-4-5-3-1/h1-3,11H,(H2,12,13,14);2*1H,(H,2,3,4,5). The fourth-order valence-corrected chi connectivity index (χ4v) is 2.57. The number of H-pyrrole nitrogens is 3. The third-order valence-corrected chi connectivity index (χ3v) is 4.17. The highest BCUT2D eigenvalue weighted by Gasteiger charge is 2.20. The molecule has 0 aliphatic rings. The topological polar surface area (TPSA) is 191 Å². The SMILES string of the molecule is O=P(O)(O)Oc1c[nH]c2ccc(Br)c(Cl)c12.c1nnn[nH]1.c1nnn[nH]1. The first-order chi connectivity index (χ1) is 12.4. The minimum atomic E-state index is -4.59. The number of aromatic nitrogens is 9. The number of nitrogens with one attached hydrogen (secondary N) is 3. The Bertz CT molecular complexity index is 898. The minimum absolute atomic E-state index is 0.0228. The van der Waals surface area contributed by atoms with Crippen molar-refractivity contribution < 1.29 is 18.9 Å². The molecule has 26 heavy (non-hydrogen) atoms. The monoisotopic (exact) mass is 465 g/mol. The molecule has 4 rings (SSSR count). The molecule has 13 nitrogen and oxygen atoms in total. The number of nitrogens with zero attached hydrogens (tertiary/aromatic N) is 6. The second kappa shape index (κ2) is 9.35. The predicted molar refractivity (Wildman–Crippen MR) is 92.0 cm³/mol. The van der Waals surface area contributed by atoms with Crippen LogP contribution in [0, 0.1) is 0 Å². The number of hydrogen-bond donors (Lipinski definition) is 5. The number of halogens is 2. The lowest BCUT2D eigenvalue weighted by atomic mass is 10.2. The number of rotatable bonds is 2. The van der Waals surface area contributed by atoms with E-state index in [4.69, 9.17) is 21.4 Å². The second-order valence-corrected chi connectivity index (χ2v) is 6.54. The number of phosphoric ester groups is 1. The summed E-state index contributed by atoms with van der Waals surface area (Å²) in [6, 6.07) is 3.44. The van der Waals surface area contributed by atoms with Gasteiger partial charge in [0.25, 0.3) is 0 Å². The molecule has 3 aromatic heterocycles. The highest BCUT2D eigenvalue weighted by molar-refractivity contribution is 9.10. The van der Waals surface area contributed by atoms with E-state index in [9.17, 15) is 4.57 Å². The van der Waals surface area contributed by atoms with Crippen LogP contribution in [0.3, 0.4) is 0 Å². The van der Waals surface area contributed by atoms with Gasteiger partial charge in [-0.3, -0.25) is 9.79 Å². The van der Waals surface area contributed by atoms with Crippen molar-refractivity contribution in [3.05, 3.63) is 40.5 Å². The van der Waals surface area contributed by atoms with Crippen LogP contribution in [-0.2, 0) is 4.57 Å². The number of phosphoric acid groups is 1. The lowest BCUT2D eigenvalue weighted by molar-refractivity contribution is 0.284. The zero-order valence-electron chi connectivity index (χ0n) is 12.5. The summed E-state index contributed by atoms with van der Waals surface area (Å²) in [6.07, 6.45) is 4.15.